The summed E-state index contributed by atoms with van der Waals surface area (Å²) in [4.78, 5) is 15.6. The number of amides is 1. The lowest BCUT2D eigenvalue weighted by Gasteiger charge is -2.19. The zero-order valence-electron chi connectivity index (χ0n) is 11.5. The van der Waals surface area contributed by atoms with Crippen LogP contribution in [-0.4, -0.2) is 27.5 Å². The zero-order chi connectivity index (χ0) is 14.7. The van der Waals surface area contributed by atoms with Crippen molar-refractivity contribution in [1.82, 2.24) is 15.1 Å². The number of benzene rings is 1. The lowest BCUT2D eigenvalue weighted by molar-refractivity contribution is 0.0760. The van der Waals surface area contributed by atoms with Crippen molar-refractivity contribution < 1.29 is 4.79 Å². The van der Waals surface area contributed by atoms with Crippen molar-refractivity contribution in [2.75, 3.05) is 6.54 Å². The van der Waals surface area contributed by atoms with Gasteiger partial charge in [0.05, 0.1) is 12.1 Å². The molecule has 21 heavy (non-hydrogen) atoms. The maximum atomic E-state index is 12.7. The van der Waals surface area contributed by atoms with E-state index in [4.69, 9.17) is 0 Å². The molecule has 2 heterocycles. The molecule has 0 aliphatic carbocycles. The number of fused-ring (bicyclic) bond motifs is 1. The molecule has 1 N–H and O–H groups in total. The summed E-state index contributed by atoms with van der Waals surface area (Å²) in [6, 6.07) is 11.7. The van der Waals surface area contributed by atoms with Gasteiger partial charge in [0.1, 0.15) is 0 Å². The molecule has 0 fully saturated rings. The van der Waals surface area contributed by atoms with Crippen LogP contribution < -0.4 is 0 Å². The molecule has 106 valence electrons. The maximum Gasteiger partial charge on any atom is 0.275 e. The summed E-state index contributed by atoms with van der Waals surface area (Å²) >= 11 is 1.64. The molecule has 0 atom stereocenters. The number of thiophene rings is 1. The fraction of sp³-hybridized carbons (Fsp3) is 0.125. The Hall–Kier alpha value is -2.40. The Labute approximate surface area is 126 Å². The first-order valence-corrected chi connectivity index (χ1v) is 7.53. The fourth-order valence-electron chi connectivity index (χ4n) is 2.24. The highest BCUT2D eigenvalue weighted by atomic mass is 32.1. The van der Waals surface area contributed by atoms with Gasteiger partial charge in [-0.25, -0.2) is 0 Å². The molecule has 0 bridgehead atoms. The minimum atomic E-state index is -0.0826. The van der Waals surface area contributed by atoms with Crippen LogP contribution in [0, 0.1) is 0 Å². The molecule has 0 aliphatic heterocycles. The fourth-order valence-corrected chi connectivity index (χ4v) is 2.96. The Bertz CT molecular complexity index is 761. The highest BCUT2D eigenvalue weighted by molar-refractivity contribution is 7.09. The molecule has 1 amide bonds. The van der Waals surface area contributed by atoms with Gasteiger partial charge >= 0.3 is 0 Å². The predicted molar refractivity (Wildman–Crippen MR) is 85.4 cm³/mol. The number of carbonyl (C=O) groups is 1. The number of hydrogen-bond acceptors (Lipinski definition) is 3. The number of rotatable bonds is 5. The van der Waals surface area contributed by atoms with E-state index in [9.17, 15) is 4.79 Å². The second-order valence-corrected chi connectivity index (χ2v) is 5.70. The van der Waals surface area contributed by atoms with Gasteiger partial charge in [-0.3, -0.25) is 9.89 Å². The third kappa shape index (κ3) is 2.73. The number of nitrogens with zero attached hydrogens (tertiary/aromatic N) is 2. The van der Waals surface area contributed by atoms with Crippen molar-refractivity contribution in [3.05, 3.63) is 65.0 Å². The van der Waals surface area contributed by atoms with Gasteiger partial charge in [0.2, 0.25) is 0 Å². The molecular formula is C16H15N3OS. The van der Waals surface area contributed by atoms with Crippen molar-refractivity contribution in [1.29, 1.82) is 0 Å². The Morgan fingerprint density at radius 2 is 2.19 bits per heavy atom. The molecule has 0 radical (unpaired) electrons. The highest BCUT2D eigenvalue weighted by Crippen LogP contribution is 2.19. The van der Waals surface area contributed by atoms with Crippen LogP contribution in [0.25, 0.3) is 10.9 Å². The zero-order valence-corrected chi connectivity index (χ0v) is 12.3. The predicted octanol–water partition coefficient (Wildman–Crippen LogP) is 3.45. The van der Waals surface area contributed by atoms with Gasteiger partial charge in [-0.05, 0) is 17.5 Å². The van der Waals surface area contributed by atoms with Crippen molar-refractivity contribution in [2.24, 2.45) is 0 Å². The SMILES string of the molecule is C=CCN(Cc1cccs1)C(=O)c1n[nH]c2ccccc12. The lowest BCUT2D eigenvalue weighted by Crippen LogP contribution is -2.30. The van der Waals surface area contributed by atoms with Crippen LogP contribution in [0.1, 0.15) is 15.4 Å². The van der Waals surface area contributed by atoms with Crippen LogP contribution in [0.15, 0.2) is 54.4 Å². The molecule has 0 unspecified atom stereocenters. The van der Waals surface area contributed by atoms with Gasteiger partial charge < -0.3 is 4.90 Å². The van der Waals surface area contributed by atoms with Gasteiger partial charge in [0.15, 0.2) is 5.69 Å². The first-order valence-electron chi connectivity index (χ1n) is 6.65. The molecule has 1 aromatic carbocycles. The van der Waals surface area contributed by atoms with Gasteiger partial charge in [0, 0.05) is 16.8 Å². The maximum absolute atomic E-state index is 12.7. The number of aromatic nitrogens is 2. The van der Waals surface area contributed by atoms with Crippen LogP contribution in [-0.2, 0) is 6.54 Å². The van der Waals surface area contributed by atoms with Crippen molar-refractivity contribution in [3.8, 4) is 0 Å². The number of H-pyrrole nitrogens is 1. The van der Waals surface area contributed by atoms with Crippen molar-refractivity contribution >= 4 is 28.1 Å². The molecule has 3 aromatic rings. The molecule has 2 aromatic heterocycles. The van der Waals surface area contributed by atoms with Crippen LogP contribution in [0.2, 0.25) is 0 Å². The minimum absolute atomic E-state index is 0.0826. The quantitative estimate of drug-likeness (QED) is 0.733. The first-order chi connectivity index (χ1) is 10.3. The monoisotopic (exact) mass is 297 g/mol. The first kappa shape index (κ1) is 13.6. The van der Waals surface area contributed by atoms with E-state index in [1.54, 1.807) is 22.3 Å². The van der Waals surface area contributed by atoms with E-state index in [0.29, 0.717) is 18.8 Å². The molecule has 5 heteroatoms. The Morgan fingerprint density at radius 1 is 1.33 bits per heavy atom. The smallest absolute Gasteiger partial charge is 0.275 e. The lowest BCUT2D eigenvalue weighted by atomic mass is 10.2. The average Bonchev–Trinajstić information content (AvgIpc) is 3.15. The average molecular weight is 297 g/mol. The summed E-state index contributed by atoms with van der Waals surface area (Å²) in [5.74, 6) is -0.0826. The highest BCUT2D eigenvalue weighted by Gasteiger charge is 2.20. The Kier molecular flexibility index (Phi) is 3.83. The molecule has 0 saturated carbocycles. The number of nitrogens with one attached hydrogen (secondary N) is 1. The van der Waals surface area contributed by atoms with E-state index in [-0.39, 0.29) is 5.91 Å². The van der Waals surface area contributed by atoms with E-state index in [1.165, 1.54) is 0 Å². The van der Waals surface area contributed by atoms with E-state index in [2.05, 4.69) is 16.8 Å². The number of carbonyl (C=O) groups excluding carboxylic acids is 1. The number of para-hydroxylation sites is 1. The minimum Gasteiger partial charge on any atom is -0.328 e. The summed E-state index contributed by atoms with van der Waals surface area (Å²) in [6.45, 7) is 4.81. The number of hydrogen-bond donors (Lipinski definition) is 1. The molecule has 0 spiro atoms. The summed E-state index contributed by atoms with van der Waals surface area (Å²) in [5, 5.41) is 9.94. The summed E-state index contributed by atoms with van der Waals surface area (Å²) in [5.41, 5.74) is 1.33. The van der Waals surface area contributed by atoms with Gasteiger partial charge in [-0.15, -0.1) is 17.9 Å². The van der Waals surface area contributed by atoms with E-state index < -0.39 is 0 Å². The second-order valence-electron chi connectivity index (χ2n) is 4.67. The molecular weight excluding hydrogens is 282 g/mol. The van der Waals surface area contributed by atoms with Gasteiger partial charge in [-0.1, -0.05) is 30.3 Å². The summed E-state index contributed by atoms with van der Waals surface area (Å²) in [7, 11) is 0. The van der Waals surface area contributed by atoms with Gasteiger partial charge in [0.25, 0.3) is 5.91 Å². The molecule has 0 saturated heterocycles. The normalized spacial score (nSPS) is 10.7. The molecule has 3 rings (SSSR count). The van der Waals surface area contributed by atoms with Crippen LogP contribution >= 0.6 is 11.3 Å². The van der Waals surface area contributed by atoms with Gasteiger partial charge in [-0.2, -0.15) is 5.10 Å². The topological polar surface area (TPSA) is 49.0 Å². The standard InChI is InChI=1S/C16H15N3OS/c1-2-9-19(11-12-6-5-10-21-12)16(20)15-13-7-3-4-8-14(13)17-18-15/h2-8,10H,1,9,11H2,(H,17,18). The van der Waals surface area contributed by atoms with Crippen molar-refractivity contribution in [2.45, 2.75) is 6.54 Å². The largest absolute Gasteiger partial charge is 0.328 e. The Balaban J connectivity index is 1.91. The summed E-state index contributed by atoms with van der Waals surface area (Å²) in [6.07, 6.45) is 1.74. The third-order valence-electron chi connectivity index (χ3n) is 3.24. The van der Waals surface area contributed by atoms with E-state index in [0.717, 1.165) is 15.8 Å². The van der Waals surface area contributed by atoms with Crippen LogP contribution in [0.5, 0.6) is 0 Å². The number of aromatic amines is 1. The Morgan fingerprint density at radius 3 is 2.95 bits per heavy atom. The van der Waals surface area contributed by atoms with Crippen LogP contribution in [0.4, 0.5) is 0 Å². The van der Waals surface area contributed by atoms with Crippen molar-refractivity contribution in [3.63, 3.8) is 0 Å². The second kappa shape index (κ2) is 5.93. The molecule has 4 nitrogen and oxygen atoms in total. The van der Waals surface area contributed by atoms with Crippen LogP contribution in [0.3, 0.4) is 0 Å². The summed E-state index contributed by atoms with van der Waals surface area (Å²) < 4.78 is 0. The van der Waals surface area contributed by atoms with E-state index >= 15 is 0 Å². The molecule has 0 aliphatic rings. The van der Waals surface area contributed by atoms with E-state index in [1.807, 2.05) is 41.8 Å². The third-order valence-corrected chi connectivity index (χ3v) is 4.10.